The Bertz CT molecular complexity index is 577. The first-order valence-corrected chi connectivity index (χ1v) is 6.79. The van der Waals surface area contributed by atoms with E-state index in [9.17, 15) is 4.79 Å². The van der Waals surface area contributed by atoms with Crippen molar-refractivity contribution < 1.29 is 4.79 Å². The van der Waals surface area contributed by atoms with E-state index in [1.165, 1.54) is 0 Å². The fourth-order valence-corrected chi connectivity index (χ4v) is 2.17. The topological polar surface area (TPSA) is 64.2 Å². The Labute approximate surface area is 119 Å². The van der Waals surface area contributed by atoms with Crippen LogP contribution in [0.5, 0.6) is 0 Å². The molecule has 0 fully saturated rings. The maximum atomic E-state index is 12.6. The average molecular weight is 272 g/mol. The van der Waals surface area contributed by atoms with E-state index in [1.807, 2.05) is 30.5 Å². The summed E-state index contributed by atoms with van der Waals surface area (Å²) in [6.07, 6.45) is 5.27. The van der Waals surface area contributed by atoms with Crippen LogP contribution < -0.4 is 5.73 Å². The average Bonchev–Trinajstić information content (AvgIpc) is 2.86. The molecule has 1 amide bonds. The number of carbonyl (C=O) groups excluding carboxylic acids is 1. The first-order chi connectivity index (χ1) is 9.65. The van der Waals surface area contributed by atoms with Crippen LogP contribution in [0.3, 0.4) is 0 Å². The minimum absolute atomic E-state index is 0.00265. The molecule has 2 aromatic rings. The lowest BCUT2D eigenvalue weighted by Crippen LogP contribution is -2.31. The van der Waals surface area contributed by atoms with E-state index < -0.39 is 0 Å². The van der Waals surface area contributed by atoms with E-state index in [2.05, 4.69) is 4.98 Å². The normalized spacial score (nSPS) is 10.5. The molecule has 0 aromatic carbocycles. The summed E-state index contributed by atoms with van der Waals surface area (Å²) < 4.78 is 1.88. The molecule has 0 spiro atoms. The van der Waals surface area contributed by atoms with Crippen molar-refractivity contribution in [3.05, 3.63) is 48.0 Å². The Balaban J connectivity index is 2.20. The second-order valence-electron chi connectivity index (χ2n) is 4.62. The molecular formula is C15H20N4O. The summed E-state index contributed by atoms with van der Waals surface area (Å²) >= 11 is 0. The van der Waals surface area contributed by atoms with Crippen molar-refractivity contribution in [3.8, 4) is 0 Å². The lowest BCUT2D eigenvalue weighted by atomic mass is 10.2. The van der Waals surface area contributed by atoms with Crippen molar-refractivity contribution in [1.29, 1.82) is 0 Å². The number of nitrogen functional groups attached to an aromatic ring is 1. The number of hydrogen-bond acceptors (Lipinski definition) is 3. The third-order valence-corrected chi connectivity index (χ3v) is 3.27. The van der Waals surface area contributed by atoms with E-state index in [0.717, 1.165) is 12.1 Å². The number of carbonyl (C=O) groups is 1. The fourth-order valence-electron chi connectivity index (χ4n) is 2.17. The van der Waals surface area contributed by atoms with Crippen molar-refractivity contribution in [2.24, 2.45) is 0 Å². The maximum absolute atomic E-state index is 12.6. The first-order valence-electron chi connectivity index (χ1n) is 6.79. The van der Waals surface area contributed by atoms with Crippen molar-refractivity contribution in [2.45, 2.75) is 26.9 Å². The second-order valence-corrected chi connectivity index (χ2v) is 4.62. The maximum Gasteiger partial charge on any atom is 0.270 e. The predicted octanol–water partition coefficient (Wildman–Crippen LogP) is 2.15. The summed E-state index contributed by atoms with van der Waals surface area (Å²) in [4.78, 5) is 18.4. The van der Waals surface area contributed by atoms with E-state index in [4.69, 9.17) is 5.73 Å². The monoisotopic (exact) mass is 272 g/mol. The second kappa shape index (κ2) is 6.23. The molecule has 20 heavy (non-hydrogen) atoms. The lowest BCUT2D eigenvalue weighted by Gasteiger charge is -2.21. The highest BCUT2D eigenvalue weighted by Gasteiger charge is 2.18. The Hall–Kier alpha value is -2.30. The molecule has 0 aliphatic carbocycles. The molecule has 0 saturated heterocycles. The molecule has 0 bridgehead atoms. The largest absolute Gasteiger partial charge is 0.397 e. The SMILES string of the molecule is CCN(Cc1ccncc1)C(=O)c1cc(N)cn1CC. The van der Waals surface area contributed by atoms with Gasteiger partial charge in [-0.2, -0.15) is 0 Å². The molecule has 0 aliphatic heterocycles. The van der Waals surface area contributed by atoms with Crippen molar-refractivity contribution >= 4 is 11.6 Å². The van der Waals surface area contributed by atoms with Crippen LogP contribution in [0, 0.1) is 0 Å². The van der Waals surface area contributed by atoms with Gasteiger partial charge in [-0.15, -0.1) is 0 Å². The Morgan fingerprint density at radius 1 is 1.35 bits per heavy atom. The van der Waals surface area contributed by atoms with Gasteiger partial charge in [0.25, 0.3) is 5.91 Å². The molecule has 2 aromatic heterocycles. The highest BCUT2D eigenvalue weighted by Crippen LogP contribution is 2.15. The number of hydrogen-bond donors (Lipinski definition) is 1. The molecule has 2 N–H and O–H groups in total. The van der Waals surface area contributed by atoms with Crippen molar-refractivity contribution in [3.63, 3.8) is 0 Å². The number of anilines is 1. The van der Waals surface area contributed by atoms with Gasteiger partial charge in [0.1, 0.15) is 5.69 Å². The van der Waals surface area contributed by atoms with Crippen molar-refractivity contribution in [1.82, 2.24) is 14.5 Å². The number of nitrogens with zero attached hydrogens (tertiary/aromatic N) is 3. The van der Waals surface area contributed by atoms with Crippen LogP contribution in [0.15, 0.2) is 36.8 Å². The van der Waals surface area contributed by atoms with E-state index in [1.54, 1.807) is 29.6 Å². The fraction of sp³-hybridized carbons (Fsp3) is 0.333. The van der Waals surface area contributed by atoms with Crippen LogP contribution in [0.1, 0.15) is 29.9 Å². The number of rotatable bonds is 5. The van der Waals surface area contributed by atoms with Gasteiger partial charge < -0.3 is 15.2 Å². The Morgan fingerprint density at radius 3 is 2.65 bits per heavy atom. The molecule has 0 aliphatic rings. The highest BCUT2D eigenvalue weighted by atomic mass is 16.2. The van der Waals surface area contributed by atoms with Gasteiger partial charge in [0.2, 0.25) is 0 Å². The summed E-state index contributed by atoms with van der Waals surface area (Å²) in [5.41, 5.74) is 8.11. The molecule has 5 nitrogen and oxygen atoms in total. The summed E-state index contributed by atoms with van der Waals surface area (Å²) in [6, 6.07) is 5.58. The molecular weight excluding hydrogens is 252 g/mol. The number of amides is 1. The number of nitrogens with two attached hydrogens (primary N) is 1. The zero-order valence-corrected chi connectivity index (χ0v) is 11.9. The highest BCUT2D eigenvalue weighted by molar-refractivity contribution is 5.93. The zero-order valence-electron chi connectivity index (χ0n) is 11.9. The van der Waals surface area contributed by atoms with E-state index >= 15 is 0 Å². The van der Waals surface area contributed by atoms with Crippen molar-refractivity contribution in [2.75, 3.05) is 12.3 Å². The minimum Gasteiger partial charge on any atom is -0.397 e. The molecule has 0 unspecified atom stereocenters. The standard InChI is InChI=1S/C15H20N4O/c1-3-18-11-13(16)9-14(18)15(20)19(4-2)10-12-5-7-17-8-6-12/h5-9,11H,3-4,10,16H2,1-2H3. The third-order valence-electron chi connectivity index (χ3n) is 3.27. The van der Waals surface area contributed by atoms with Crippen LogP contribution in [-0.2, 0) is 13.1 Å². The van der Waals surface area contributed by atoms with E-state index in [-0.39, 0.29) is 5.91 Å². The summed E-state index contributed by atoms with van der Waals surface area (Å²) in [7, 11) is 0. The summed E-state index contributed by atoms with van der Waals surface area (Å²) in [5, 5.41) is 0. The van der Waals surface area contributed by atoms with Gasteiger partial charge in [0, 0.05) is 38.2 Å². The minimum atomic E-state index is 0.00265. The molecule has 0 saturated carbocycles. The lowest BCUT2D eigenvalue weighted by molar-refractivity contribution is 0.0742. The van der Waals surface area contributed by atoms with Crippen LogP contribution >= 0.6 is 0 Å². The van der Waals surface area contributed by atoms with E-state index in [0.29, 0.717) is 24.5 Å². The molecule has 2 heterocycles. The van der Waals surface area contributed by atoms with Crippen LogP contribution in [0.2, 0.25) is 0 Å². The third kappa shape index (κ3) is 2.99. The van der Waals surface area contributed by atoms with Crippen LogP contribution in [-0.4, -0.2) is 26.9 Å². The molecule has 106 valence electrons. The number of aryl methyl sites for hydroxylation is 1. The molecule has 2 rings (SSSR count). The first kappa shape index (κ1) is 14.1. The van der Waals surface area contributed by atoms with Crippen LogP contribution in [0.25, 0.3) is 0 Å². The quantitative estimate of drug-likeness (QED) is 0.907. The van der Waals surface area contributed by atoms with Gasteiger partial charge in [-0.3, -0.25) is 9.78 Å². The van der Waals surface area contributed by atoms with Gasteiger partial charge in [0.05, 0.1) is 5.69 Å². The van der Waals surface area contributed by atoms with Crippen LogP contribution in [0.4, 0.5) is 5.69 Å². The summed E-state index contributed by atoms with van der Waals surface area (Å²) in [5.74, 6) is 0.00265. The van der Waals surface area contributed by atoms with Gasteiger partial charge in [-0.1, -0.05) is 0 Å². The zero-order chi connectivity index (χ0) is 14.5. The molecule has 0 radical (unpaired) electrons. The Kier molecular flexibility index (Phi) is 4.40. The van der Waals surface area contributed by atoms with Gasteiger partial charge in [-0.05, 0) is 37.6 Å². The molecule has 5 heteroatoms. The number of aromatic nitrogens is 2. The predicted molar refractivity (Wildman–Crippen MR) is 79.2 cm³/mol. The van der Waals surface area contributed by atoms with Gasteiger partial charge >= 0.3 is 0 Å². The number of pyridine rings is 1. The summed E-state index contributed by atoms with van der Waals surface area (Å²) in [6.45, 7) is 5.92. The molecule has 0 atom stereocenters. The Morgan fingerprint density at radius 2 is 2.05 bits per heavy atom. The van der Waals surface area contributed by atoms with Gasteiger partial charge in [-0.25, -0.2) is 0 Å². The smallest absolute Gasteiger partial charge is 0.270 e. The van der Waals surface area contributed by atoms with Gasteiger partial charge in [0.15, 0.2) is 0 Å².